The van der Waals surface area contributed by atoms with Gasteiger partial charge in [-0.05, 0) is 25.1 Å². The van der Waals surface area contributed by atoms with Gasteiger partial charge in [0.15, 0.2) is 5.75 Å². The summed E-state index contributed by atoms with van der Waals surface area (Å²) in [6.07, 6.45) is 0.789. The topological polar surface area (TPSA) is 55.6 Å². The third kappa shape index (κ3) is 4.04. The van der Waals surface area contributed by atoms with E-state index in [2.05, 4.69) is 24.1 Å². The van der Waals surface area contributed by atoms with E-state index in [1.807, 2.05) is 18.2 Å². The molecule has 1 heterocycles. The molecule has 2 unspecified atom stereocenters. The lowest BCUT2D eigenvalue weighted by molar-refractivity contribution is -0.386. The summed E-state index contributed by atoms with van der Waals surface area (Å²) in [6, 6.07) is 16.8. The maximum atomic E-state index is 11.2. The number of halogens is 1. The zero-order valence-corrected chi connectivity index (χ0v) is 14.3. The second kappa shape index (κ2) is 8.13. The number of nitro benzene ring substituents is 1. The Morgan fingerprint density at radius 3 is 2.50 bits per heavy atom. The van der Waals surface area contributed by atoms with Gasteiger partial charge in [-0.2, -0.15) is 0 Å². The highest BCUT2D eigenvalue weighted by Gasteiger charge is 2.32. The van der Waals surface area contributed by atoms with Crippen LogP contribution in [0.5, 0.6) is 5.75 Å². The molecule has 0 N–H and O–H groups in total. The maximum absolute atomic E-state index is 11.2. The van der Waals surface area contributed by atoms with E-state index < -0.39 is 0 Å². The molecule has 0 aliphatic carbocycles. The van der Waals surface area contributed by atoms with Crippen molar-refractivity contribution in [2.24, 2.45) is 0 Å². The van der Waals surface area contributed by atoms with Crippen LogP contribution in [0.2, 0.25) is 0 Å². The van der Waals surface area contributed by atoms with Crippen molar-refractivity contribution in [2.75, 3.05) is 20.1 Å². The van der Waals surface area contributed by atoms with E-state index in [0.29, 0.717) is 5.75 Å². The molecule has 1 saturated heterocycles. The van der Waals surface area contributed by atoms with E-state index in [9.17, 15) is 10.1 Å². The van der Waals surface area contributed by atoms with Gasteiger partial charge in [-0.3, -0.25) is 10.1 Å². The summed E-state index contributed by atoms with van der Waals surface area (Å²) in [6.45, 7) is 1.81. The van der Waals surface area contributed by atoms with Crippen molar-refractivity contribution in [3.8, 4) is 5.75 Å². The lowest BCUT2D eigenvalue weighted by Crippen LogP contribution is -2.42. The number of hydrogen-bond acceptors (Lipinski definition) is 4. The molecule has 1 fully saturated rings. The standard InChI is InChI=1S/C18H20N2O3.ClH/c1-19-12-11-17(15(13-19)14-7-3-2-4-8-14)23-18-10-6-5-9-16(18)20(21)22;/h2-10,15,17H,11-13H2,1H3;1H. The molecular weight excluding hydrogens is 328 g/mol. The smallest absolute Gasteiger partial charge is 0.310 e. The summed E-state index contributed by atoms with van der Waals surface area (Å²) in [7, 11) is 2.09. The van der Waals surface area contributed by atoms with Gasteiger partial charge in [-0.1, -0.05) is 42.5 Å². The molecule has 0 amide bonds. The first-order chi connectivity index (χ1) is 11.1. The van der Waals surface area contributed by atoms with Crippen LogP contribution in [0.25, 0.3) is 0 Å². The van der Waals surface area contributed by atoms with Crippen LogP contribution in [-0.4, -0.2) is 36.1 Å². The molecule has 0 aromatic heterocycles. The molecule has 0 spiro atoms. The van der Waals surface area contributed by atoms with Crippen molar-refractivity contribution in [1.29, 1.82) is 0 Å². The number of rotatable bonds is 4. The monoisotopic (exact) mass is 348 g/mol. The zero-order valence-electron chi connectivity index (χ0n) is 13.5. The predicted molar refractivity (Wildman–Crippen MR) is 96.1 cm³/mol. The molecule has 0 radical (unpaired) electrons. The van der Waals surface area contributed by atoms with Crippen LogP contribution in [0.1, 0.15) is 17.9 Å². The highest BCUT2D eigenvalue weighted by Crippen LogP contribution is 2.34. The van der Waals surface area contributed by atoms with Crippen LogP contribution < -0.4 is 4.74 Å². The zero-order chi connectivity index (χ0) is 16.2. The fraction of sp³-hybridized carbons (Fsp3) is 0.333. The Balaban J connectivity index is 0.00000208. The first kappa shape index (κ1) is 18.2. The Kier molecular flexibility index (Phi) is 6.17. The number of likely N-dealkylation sites (N-methyl/N-ethyl adjacent to an activating group) is 1. The minimum Gasteiger partial charge on any atom is -0.483 e. The predicted octanol–water partition coefficient (Wildman–Crippen LogP) is 3.88. The number of piperidine rings is 1. The summed E-state index contributed by atoms with van der Waals surface area (Å²) in [5.74, 6) is 0.558. The number of likely N-dealkylation sites (tertiary alicyclic amines) is 1. The molecule has 6 heteroatoms. The van der Waals surface area contributed by atoms with Crippen LogP contribution in [0, 0.1) is 10.1 Å². The van der Waals surface area contributed by atoms with Gasteiger partial charge in [0.25, 0.3) is 0 Å². The molecule has 2 atom stereocenters. The van der Waals surface area contributed by atoms with Crippen molar-refractivity contribution in [1.82, 2.24) is 4.90 Å². The van der Waals surface area contributed by atoms with E-state index >= 15 is 0 Å². The second-order valence-electron chi connectivity index (χ2n) is 5.95. The Labute approximate surface area is 147 Å². The second-order valence-corrected chi connectivity index (χ2v) is 5.95. The number of nitrogens with zero attached hydrogens (tertiary/aromatic N) is 2. The quantitative estimate of drug-likeness (QED) is 0.621. The lowest BCUT2D eigenvalue weighted by atomic mass is 9.88. The van der Waals surface area contributed by atoms with Crippen molar-refractivity contribution < 1.29 is 9.66 Å². The fourth-order valence-corrected chi connectivity index (χ4v) is 3.13. The van der Waals surface area contributed by atoms with Crippen LogP contribution in [0.4, 0.5) is 5.69 Å². The normalized spacial score (nSPS) is 20.9. The van der Waals surface area contributed by atoms with E-state index in [1.54, 1.807) is 18.2 Å². The molecule has 1 aliphatic rings. The number of hydrogen-bond donors (Lipinski definition) is 0. The average molecular weight is 349 g/mol. The van der Waals surface area contributed by atoms with Crippen molar-refractivity contribution >= 4 is 18.1 Å². The molecule has 1 aliphatic heterocycles. The number of ether oxygens (including phenoxy) is 1. The summed E-state index contributed by atoms with van der Waals surface area (Å²) in [5.41, 5.74) is 1.24. The molecule has 3 rings (SSSR count). The van der Waals surface area contributed by atoms with Crippen LogP contribution in [0.3, 0.4) is 0 Å². The van der Waals surface area contributed by atoms with E-state index in [4.69, 9.17) is 4.74 Å². The highest BCUT2D eigenvalue weighted by atomic mass is 35.5. The molecule has 5 nitrogen and oxygen atoms in total. The Morgan fingerprint density at radius 2 is 1.79 bits per heavy atom. The summed E-state index contributed by atoms with van der Waals surface area (Å²) >= 11 is 0. The molecule has 0 saturated carbocycles. The van der Waals surface area contributed by atoms with Gasteiger partial charge in [0.05, 0.1) is 4.92 Å². The molecule has 24 heavy (non-hydrogen) atoms. The Morgan fingerprint density at radius 1 is 1.12 bits per heavy atom. The number of para-hydroxylation sites is 2. The SMILES string of the molecule is CN1CCC(Oc2ccccc2[N+](=O)[O-])C(c2ccccc2)C1.Cl. The fourth-order valence-electron chi connectivity index (χ4n) is 3.13. The van der Waals surface area contributed by atoms with Gasteiger partial charge in [0, 0.05) is 25.1 Å². The van der Waals surface area contributed by atoms with Crippen molar-refractivity contribution in [2.45, 2.75) is 18.4 Å². The van der Waals surface area contributed by atoms with Crippen LogP contribution >= 0.6 is 12.4 Å². The van der Waals surface area contributed by atoms with Crippen LogP contribution in [-0.2, 0) is 0 Å². The maximum Gasteiger partial charge on any atom is 0.310 e. The Bertz CT molecular complexity index is 681. The minimum absolute atomic E-state index is 0. The van der Waals surface area contributed by atoms with Gasteiger partial charge in [0.2, 0.25) is 0 Å². The van der Waals surface area contributed by atoms with Gasteiger partial charge < -0.3 is 9.64 Å². The summed E-state index contributed by atoms with van der Waals surface area (Å²) in [5, 5.41) is 11.2. The molecular formula is C18H21ClN2O3. The van der Waals surface area contributed by atoms with Gasteiger partial charge >= 0.3 is 5.69 Å². The molecule has 128 valence electrons. The highest BCUT2D eigenvalue weighted by molar-refractivity contribution is 5.85. The first-order valence-corrected chi connectivity index (χ1v) is 7.78. The third-order valence-electron chi connectivity index (χ3n) is 4.32. The molecule has 2 aromatic carbocycles. The molecule has 0 bridgehead atoms. The molecule has 2 aromatic rings. The summed E-state index contributed by atoms with van der Waals surface area (Å²) < 4.78 is 6.09. The van der Waals surface area contributed by atoms with Crippen molar-refractivity contribution in [3.05, 3.63) is 70.3 Å². The van der Waals surface area contributed by atoms with Gasteiger partial charge in [0.1, 0.15) is 6.10 Å². The first-order valence-electron chi connectivity index (χ1n) is 7.78. The minimum atomic E-state index is -0.387. The largest absolute Gasteiger partial charge is 0.483 e. The van der Waals surface area contributed by atoms with Gasteiger partial charge in [-0.15, -0.1) is 12.4 Å². The van der Waals surface area contributed by atoms with Crippen LogP contribution in [0.15, 0.2) is 54.6 Å². The third-order valence-corrected chi connectivity index (χ3v) is 4.32. The van der Waals surface area contributed by atoms with E-state index in [0.717, 1.165) is 19.5 Å². The van der Waals surface area contributed by atoms with Crippen molar-refractivity contribution in [3.63, 3.8) is 0 Å². The number of nitro groups is 1. The average Bonchev–Trinajstić information content (AvgIpc) is 2.57. The van der Waals surface area contributed by atoms with E-state index in [1.165, 1.54) is 11.6 Å². The Hall–Kier alpha value is -2.11. The van der Waals surface area contributed by atoms with Gasteiger partial charge in [-0.25, -0.2) is 0 Å². The summed E-state index contributed by atoms with van der Waals surface area (Å²) in [4.78, 5) is 13.1. The number of benzene rings is 2. The van der Waals surface area contributed by atoms with E-state index in [-0.39, 0.29) is 35.0 Å². The lowest BCUT2D eigenvalue weighted by Gasteiger charge is -2.37.